The van der Waals surface area contributed by atoms with Gasteiger partial charge in [-0.15, -0.1) is 0 Å². The van der Waals surface area contributed by atoms with Gasteiger partial charge in [-0.25, -0.2) is 4.79 Å². The van der Waals surface area contributed by atoms with Gasteiger partial charge in [0.15, 0.2) is 0 Å². The maximum Gasteiger partial charge on any atom is 0.337 e. The molecule has 112 valence electrons. The Morgan fingerprint density at radius 3 is 2.64 bits per heavy atom. The van der Waals surface area contributed by atoms with Crippen LogP contribution in [0.15, 0.2) is 42.5 Å². The van der Waals surface area contributed by atoms with Crippen molar-refractivity contribution >= 4 is 16.9 Å². The summed E-state index contributed by atoms with van der Waals surface area (Å²) in [7, 11) is 3.04. The number of ether oxygens (including phenoxy) is 2. The summed E-state index contributed by atoms with van der Waals surface area (Å²) >= 11 is 0. The van der Waals surface area contributed by atoms with Crippen LogP contribution in [0.25, 0.3) is 22.0 Å². The summed E-state index contributed by atoms with van der Waals surface area (Å²) in [5, 5.41) is 1.07. The monoisotopic (exact) mass is 295 g/mol. The fraction of sp³-hybridized carbons (Fsp3) is 0.167. The third kappa shape index (κ3) is 2.33. The average molecular weight is 295 g/mol. The second kappa shape index (κ2) is 5.56. The SMILES string of the molecule is COC(=O)c1cccc(-c2c(C)[nH]c3ccc(OC)cc23)c1. The molecule has 4 heteroatoms. The number of aromatic nitrogens is 1. The van der Waals surface area contributed by atoms with E-state index in [1.165, 1.54) is 7.11 Å². The van der Waals surface area contributed by atoms with E-state index in [-0.39, 0.29) is 5.97 Å². The van der Waals surface area contributed by atoms with E-state index in [9.17, 15) is 4.79 Å². The van der Waals surface area contributed by atoms with Crippen LogP contribution in [0.1, 0.15) is 16.1 Å². The van der Waals surface area contributed by atoms with E-state index in [0.717, 1.165) is 33.5 Å². The second-order valence-corrected chi connectivity index (χ2v) is 5.11. The molecule has 0 aliphatic heterocycles. The number of benzene rings is 2. The van der Waals surface area contributed by atoms with Gasteiger partial charge in [0.05, 0.1) is 19.8 Å². The van der Waals surface area contributed by atoms with Crippen molar-refractivity contribution in [1.82, 2.24) is 4.98 Å². The lowest BCUT2D eigenvalue weighted by atomic mass is 10.00. The van der Waals surface area contributed by atoms with Gasteiger partial charge in [0.25, 0.3) is 0 Å². The van der Waals surface area contributed by atoms with Crippen LogP contribution < -0.4 is 4.74 Å². The Labute approximate surface area is 128 Å². The van der Waals surface area contributed by atoms with E-state index < -0.39 is 0 Å². The number of methoxy groups -OCH3 is 2. The molecule has 3 rings (SSSR count). The molecule has 0 fully saturated rings. The molecule has 22 heavy (non-hydrogen) atoms. The lowest BCUT2D eigenvalue weighted by Gasteiger charge is -2.06. The Morgan fingerprint density at radius 1 is 1.09 bits per heavy atom. The van der Waals surface area contributed by atoms with E-state index >= 15 is 0 Å². The molecule has 0 amide bonds. The lowest BCUT2D eigenvalue weighted by molar-refractivity contribution is 0.0601. The number of fused-ring (bicyclic) bond motifs is 1. The Bertz CT molecular complexity index is 849. The maximum absolute atomic E-state index is 11.7. The van der Waals surface area contributed by atoms with Crippen molar-refractivity contribution < 1.29 is 14.3 Å². The van der Waals surface area contributed by atoms with Gasteiger partial charge in [-0.05, 0) is 42.8 Å². The number of esters is 1. The van der Waals surface area contributed by atoms with Crippen molar-refractivity contribution in [3.8, 4) is 16.9 Å². The molecule has 0 radical (unpaired) electrons. The third-order valence-corrected chi connectivity index (χ3v) is 3.77. The van der Waals surface area contributed by atoms with Crippen LogP contribution in [-0.4, -0.2) is 25.2 Å². The minimum absolute atomic E-state index is 0.336. The Morgan fingerprint density at radius 2 is 1.91 bits per heavy atom. The highest BCUT2D eigenvalue weighted by Gasteiger charge is 2.13. The number of hydrogen-bond acceptors (Lipinski definition) is 3. The Balaban J connectivity index is 2.21. The van der Waals surface area contributed by atoms with Gasteiger partial charge in [-0.3, -0.25) is 0 Å². The highest BCUT2D eigenvalue weighted by Crippen LogP contribution is 2.34. The molecule has 1 heterocycles. The summed E-state index contributed by atoms with van der Waals surface area (Å²) in [6.45, 7) is 2.02. The van der Waals surface area contributed by atoms with Crippen LogP contribution in [0.3, 0.4) is 0 Å². The molecule has 0 atom stereocenters. The average Bonchev–Trinajstić information content (AvgIpc) is 2.88. The highest BCUT2D eigenvalue weighted by molar-refractivity contribution is 5.99. The van der Waals surface area contributed by atoms with Gasteiger partial charge in [-0.2, -0.15) is 0 Å². The summed E-state index contributed by atoms with van der Waals surface area (Å²) in [5.74, 6) is 0.466. The smallest absolute Gasteiger partial charge is 0.337 e. The normalized spacial score (nSPS) is 10.7. The zero-order valence-electron chi connectivity index (χ0n) is 12.8. The summed E-state index contributed by atoms with van der Waals surface area (Å²) in [5.41, 5.74) is 4.67. The number of nitrogens with one attached hydrogen (secondary N) is 1. The van der Waals surface area contributed by atoms with Gasteiger partial charge >= 0.3 is 5.97 Å². The topological polar surface area (TPSA) is 51.3 Å². The van der Waals surface area contributed by atoms with E-state index in [1.807, 2.05) is 43.3 Å². The molecule has 1 N–H and O–H groups in total. The van der Waals surface area contributed by atoms with Crippen LogP contribution >= 0.6 is 0 Å². The molecule has 0 unspecified atom stereocenters. The molecule has 0 spiro atoms. The van der Waals surface area contributed by atoms with Crippen molar-refractivity contribution in [2.45, 2.75) is 6.92 Å². The Hall–Kier alpha value is -2.75. The van der Waals surface area contributed by atoms with Gasteiger partial charge in [0.2, 0.25) is 0 Å². The zero-order valence-corrected chi connectivity index (χ0v) is 12.8. The lowest BCUT2D eigenvalue weighted by Crippen LogP contribution is -2.00. The standard InChI is InChI=1S/C18H17NO3/c1-11-17(12-5-4-6-13(9-12)18(20)22-3)15-10-14(21-2)7-8-16(15)19-11/h4-10,19H,1-3H3. The summed E-state index contributed by atoms with van der Waals surface area (Å²) in [6.07, 6.45) is 0. The van der Waals surface area contributed by atoms with Crippen molar-refractivity contribution in [2.75, 3.05) is 14.2 Å². The summed E-state index contributed by atoms with van der Waals surface area (Å²) < 4.78 is 10.1. The van der Waals surface area contributed by atoms with Crippen molar-refractivity contribution in [3.05, 3.63) is 53.7 Å². The fourth-order valence-electron chi connectivity index (χ4n) is 2.72. The van der Waals surface area contributed by atoms with Crippen LogP contribution in [-0.2, 0) is 4.74 Å². The number of aromatic amines is 1. The molecule has 0 aliphatic rings. The van der Waals surface area contributed by atoms with Gasteiger partial charge in [-0.1, -0.05) is 12.1 Å². The first-order valence-corrected chi connectivity index (χ1v) is 6.99. The van der Waals surface area contributed by atoms with Gasteiger partial charge in [0, 0.05) is 22.2 Å². The molecular weight excluding hydrogens is 278 g/mol. The summed E-state index contributed by atoms with van der Waals surface area (Å²) in [6, 6.07) is 13.4. The number of aryl methyl sites for hydroxylation is 1. The van der Waals surface area contributed by atoms with E-state index in [1.54, 1.807) is 13.2 Å². The van der Waals surface area contributed by atoms with Crippen LogP contribution in [0.2, 0.25) is 0 Å². The molecule has 0 aliphatic carbocycles. The van der Waals surface area contributed by atoms with E-state index in [2.05, 4.69) is 4.98 Å². The van der Waals surface area contributed by atoms with Crippen LogP contribution in [0.5, 0.6) is 5.75 Å². The second-order valence-electron chi connectivity index (χ2n) is 5.11. The first-order valence-electron chi connectivity index (χ1n) is 6.99. The largest absolute Gasteiger partial charge is 0.497 e. The maximum atomic E-state index is 11.7. The van der Waals surface area contributed by atoms with Gasteiger partial charge < -0.3 is 14.5 Å². The molecule has 0 bridgehead atoms. The number of H-pyrrole nitrogens is 1. The molecule has 1 aromatic heterocycles. The first kappa shape index (κ1) is 14.2. The third-order valence-electron chi connectivity index (χ3n) is 3.77. The molecule has 0 saturated heterocycles. The van der Waals surface area contributed by atoms with Crippen molar-refractivity contribution in [2.24, 2.45) is 0 Å². The molecule has 0 saturated carbocycles. The number of carbonyl (C=O) groups is 1. The van der Waals surface area contributed by atoms with E-state index in [4.69, 9.17) is 9.47 Å². The van der Waals surface area contributed by atoms with E-state index in [0.29, 0.717) is 5.56 Å². The van der Waals surface area contributed by atoms with Crippen molar-refractivity contribution in [1.29, 1.82) is 0 Å². The Kier molecular flexibility index (Phi) is 3.59. The fourth-order valence-corrected chi connectivity index (χ4v) is 2.72. The number of carbonyl (C=O) groups excluding carboxylic acids is 1. The van der Waals surface area contributed by atoms with Crippen molar-refractivity contribution in [3.63, 3.8) is 0 Å². The van der Waals surface area contributed by atoms with Crippen LogP contribution in [0, 0.1) is 6.92 Å². The minimum Gasteiger partial charge on any atom is -0.497 e. The highest BCUT2D eigenvalue weighted by atomic mass is 16.5. The molecule has 3 aromatic rings. The minimum atomic E-state index is -0.336. The summed E-state index contributed by atoms with van der Waals surface area (Å²) in [4.78, 5) is 15.1. The zero-order chi connectivity index (χ0) is 15.7. The predicted molar refractivity (Wildman–Crippen MR) is 86.4 cm³/mol. The van der Waals surface area contributed by atoms with Crippen LogP contribution in [0.4, 0.5) is 0 Å². The number of rotatable bonds is 3. The quantitative estimate of drug-likeness (QED) is 0.745. The predicted octanol–water partition coefficient (Wildman–Crippen LogP) is 3.94. The molecular formula is C18H17NO3. The van der Waals surface area contributed by atoms with Gasteiger partial charge in [0.1, 0.15) is 5.75 Å². The molecule has 2 aromatic carbocycles. The number of hydrogen-bond donors (Lipinski definition) is 1. The first-order chi connectivity index (χ1) is 10.6. The molecule has 4 nitrogen and oxygen atoms in total.